The number of carbonyl (C=O) groups excluding carboxylic acids is 1. The van der Waals surface area contributed by atoms with Gasteiger partial charge in [-0.1, -0.05) is 18.2 Å². The lowest BCUT2D eigenvalue weighted by atomic mass is 9.97. The fourth-order valence-corrected chi connectivity index (χ4v) is 2.68. The van der Waals surface area contributed by atoms with Crippen LogP contribution in [0.15, 0.2) is 24.3 Å². The first-order valence-corrected chi connectivity index (χ1v) is 6.71. The minimum Gasteiger partial charge on any atom is -0.396 e. The Balaban J connectivity index is 2.18. The van der Waals surface area contributed by atoms with E-state index in [9.17, 15) is 4.79 Å². The Bertz CT molecular complexity index is 415. The van der Waals surface area contributed by atoms with E-state index in [1.165, 1.54) is 0 Å². The van der Waals surface area contributed by atoms with Crippen LogP contribution in [0, 0.1) is 6.92 Å². The van der Waals surface area contributed by atoms with Gasteiger partial charge in [-0.25, -0.2) is 0 Å². The Morgan fingerprint density at radius 2 is 2.17 bits per heavy atom. The molecule has 0 saturated carbocycles. The zero-order chi connectivity index (χ0) is 13.0. The van der Waals surface area contributed by atoms with Crippen molar-refractivity contribution in [1.29, 1.82) is 0 Å². The van der Waals surface area contributed by atoms with Crippen LogP contribution in [0.1, 0.15) is 41.6 Å². The van der Waals surface area contributed by atoms with Crippen molar-refractivity contribution in [1.82, 2.24) is 4.90 Å². The number of rotatable bonds is 3. The quantitative estimate of drug-likeness (QED) is 0.891. The molecule has 1 aromatic carbocycles. The number of benzene rings is 1. The van der Waals surface area contributed by atoms with Crippen LogP contribution < -0.4 is 0 Å². The molecule has 18 heavy (non-hydrogen) atoms. The summed E-state index contributed by atoms with van der Waals surface area (Å²) in [6, 6.07) is 7.93. The number of likely N-dealkylation sites (tertiary alicyclic amines) is 1. The second-order valence-corrected chi connectivity index (χ2v) is 4.98. The van der Waals surface area contributed by atoms with E-state index in [-0.39, 0.29) is 18.6 Å². The zero-order valence-electron chi connectivity index (χ0n) is 10.9. The summed E-state index contributed by atoms with van der Waals surface area (Å²) in [5, 5.41) is 9.11. The van der Waals surface area contributed by atoms with E-state index in [4.69, 9.17) is 5.11 Å². The normalized spacial score (nSPS) is 19.9. The van der Waals surface area contributed by atoms with Crippen molar-refractivity contribution in [3.05, 3.63) is 35.4 Å². The Morgan fingerprint density at radius 3 is 2.89 bits per heavy atom. The minimum atomic E-state index is 0.117. The summed E-state index contributed by atoms with van der Waals surface area (Å²) >= 11 is 0. The summed E-state index contributed by atoms with van der Waals surface area (Å²) < 4.78 is 0. The molecule has 1 heterocycles. The van der Waals surface area contributed by atoms with E-state index >= 15 is 0 Å². The van der Waals surface area contributed by atoms with Crippen LogP contribution in [0.5, 0.6) is 0 Å². The zero-order valence-corrected chi connectivity index (χ0v) is 10.9. The fourth-order valence-electron chi connectivity index (χ4n) is 2.68. The van der Waals surface area contributed by atoms with Crippen molar-refractivity contribution in [2.45, 2.75) is 38.6 Å². The molecule has 0 unspecified atom stereocenters. The van der Waals surface area contributed by atoms with Gasteiger partial charge >= 0.3 is 0 Å². The summed E-state index contributed by atoms with van der Waals surface area (Å²) in [6.07, 6.45) is 3.93. The van der Waals surface area contributed by atoms with Gasteiger partial charge in [0.15, 0.2) is 0 Å². The van der Waals surface area contributed by atoms with E-state index < -0.39 is 0 Å². The maximum absolute atomic E-state index is 12.6. The van der Waals surface area contributed by atoms with Crippen LogP contribution in [0.4, 0.5) is 0 Å². The van der Waals surface area contributed by atoms with Gasteiger partial charge in [0.1, 0.15) is 0 Å². The third kappa shape index (κ3) is 2.72. The van der Waals surface area contributed by atoms with Crippen LogP contribution in [-0.2, 0) is 0 Å². The summed E-state index contributed by atoms with van der Waals surface area (Å²) in [4.78, 5) is 14.5. The molecule has 1 aromatic rings. The number of piperidine rings is 1. The van der Waals surface area contributed by atoms with E-state index in [1.54, 1.807) is 0 Å². The van der Waals surface area contributed by atoms with Gasteiger partial charge in [-0.3, -0.25) is 4.79 Å². The highest BCUT2D eigenvalue weighted by molar-refractivity contribution is 5.95. The summed E-state index contributed by atoms with van der Waals surface area (Å²) in [5.41, 5.74) is 1.82. The standard InChI is InChI=1S/C15H21NO2/c1-12-6-2-3-8-14(12)15(18)16-10-5-4-7-13(16)9-11-17/h2-3,6,8,13,17H,4-5,7,9-11H2,1H3/t13-/m0/s1. The van der Waals surface area contributed by atoms with Crippen molar-refractivity contribution in [3.8, 4) is 0 Å². The highest BCUT2D eigenvalue weighted by Gasteiger charge is 2.27. The number of hydrogen-bond donors (Lipinski definition) is 1. The molecule has 0 radical (unpaired) electrons. The molecule has 0 spiro atoms. The van der Waals surface area contributed by atoms with Crippen molar-refractivity contribution in [3.63, 3.8) is 0 Å². The second kappa shape index (κ2) is 6.01. The molecule has 98 valence electrons. The second-order valence-electron chi connectivity index (χ2n) is 4.98. The predicted octanol–water partition coefficient (Wildman–Crippen LogP) is 2.37. The maximum atomic E-state index is 12.6. The number of nitrogens with zero attached hydrogens (tertiary/aromatic N) is 1. The molecular formula is C15H21NO2. The summed E-state index contributed by atoms with van der Waals surface area (Å²) in [6.45, 7) is 2.94. The first kappa shape index (κ1) is 13.1. The summed E-state index contributed by atoms with van der Waals surface area (Å²) in [7, 11) is 0. The topological polar surface area (TPSA) is 40.5 Å². The lowest BCUT2D eigenvalue weighted by Crippen LogP contribution is -2.44. The molecule has 0 aromatic heterocycles. The Kier molecular flexibility index (Phi) is 4.37. The van der Waals surface area contributed by atoms with Crippen molar-refractivity contribution in [2.75, 3.05) is 13.2 Å². The highest BCUT2D eigenvalue weighted by atomic mass is 16.3. The molecule has 1 N–H and O–H groups in total. The average Bonchev–Trinajstić information content (AvgIpc) is 2.40. The molecule has 2 rings (SSSR count). The van der Waals surface area contributed by atoms with Crippen LogP contribution in [0.3, 0.4) is 0 Å². The van der Waals surface area contributed by atoms with Gasteiger partial charge in [-0.05, 0) is 44.2 Å². The molecular weight excluding hydrogens is 226 g/mol. The van der Waals surface area contributed by atoms with E-state index in [0.717, 1.165) is 36.9 Å². The third-order valence-electron chi connectivity index (χ3n) is 3.73. The minimum absolute atomic E-state index is 0.117. The van der Waals surface area contributed by atoms with Gasteiger partial charge in [0.05, 0.1) is 0 Å². The largest absolute Gasteiger partial charge is 0.396 e. The first-order chi connectivity index (χ1) is 8.74. The third-order valence-corrected chi connectivity index (χ3v) is 3.73. The number of carbonyl (C=O) groups is 1. The average molecular weight is 247 g/mol. The molecule has 1 aliphatic rings. The first-order valence-electron chi connectivity index (χ1n) is 6.71. The monoisotopic (exact) mass is 247 g/mol. The maximum Gasteiger partial charge on any atom is 0.254 e. The number of aliphatic hydroxyl groups excluding tert-OH is 1. The van der Waals surface area contributed by atoms with Gasteiger partial charge in [0.25, 0.3) is 5.91 Å². The van der Waals surface area contributed by atoms with Crippen molar-refractivity contribution >= 4 is 5.91 Å². The Morgan fingerprint density at radius 1 is 1.39 bits per heavy atom. The van der Waals surface area contributed by atoms with Crippen molar-refractivity contribution in [2.24, 2.45) is 0 Å². The SMILES string of the molecule is Cc1ccccc1C(=O)N1CCCC[C@H]1CCO. The molecule has 1 amide bonds. The number of aliphatic hydroxyl groups is 1. The Labute approximate surface area is 108 Å². The Hall–Kier alpha value is -1.35. The molecule has 1 aliphatic heterocycles. The van der Waals surface area contributed by atoms with Gasteiger partial charge < -0.3 is 10.0 Å². The van der Waals surface area contributed by atoms with E-state index in [1.807, 2.05) is 36.1 Å². The predicted molar refractivity (Wildman–Crippen MR) is 71.6 cm³/mol. The highest BCUT2D eigenvalue weighted by Crippen LogP contribution is 2.22. The number of hydrogen-bond acceptors (Lipinski definition) is 2. The van der Waals surface area contributed by atoms with Gasteiger partial charge in [-0.2, -0.15) is 0 Å². The van der Waals surface area contributed by atoms with Crippen molar-refractivity contribution < 1.29 is 9.90 Å². The fraction of sp³-hybridized carbons (Fsp3) is 0.533. The van der Waals surface area contributed by atoms with E-state index in [2.05, 4.69) is 0 Å². The lowest BCUT2D eigenvalue weighted by Gasteiger charge is -2.36. The molecule has 1 saturated heterocycles. The molecule has 1 fully saturated rings. The van der Waals surface area contributed by atoms with Gasteiger partial charge in [0, 0.05) is 24.8 Å². The summed E-state index contributed by atoms with van der Waals surface area (Å²) in [5.74, 6) is 0.117. The molecule has 3 nitrogen and oxygen atoms in total. The van der Waals surface area contributed by atoms with Crippen LogP contribution in [0.2, 0.25) is 0 Å². The number of aryl methyl sites for hydroxylation is 1. The smallest absolute Gasteiger partial charge is 0.254 e. The lowest BCUT2D eigenvalue weighted by molar-refractivity contribution is 0.0574. The molecule has 0 bridgehead atoms. The molecule has 0 aliphatic carbocycles. The van der Waals surface area contributed by atoms with E-state index in [0.29, 0.717) is 6.42 Å². The van der Waals surface area contributed by atoms with Gasteiger partial charge in [0.2, 0.25) is 0 Å². The molecule has 3 heteroatoms. The van der Waals surface area contributed by atoms with Crippen LogP contribution in [0.25, 0.3) is 0 Å². The number of amides is 1. The van der Waals surface area contributed by atoms with Crippen LogP contribution in [-0.4, -0.2) is 35.1 Å². The van der Waals surface area contributed by atoms with Gasteiger partial charge in [-0.15, -0.1) is 0 Å². The molecule has 1 atom stereocenters. The van der Waals surface area contributed by atoms with Crippen LogP contribution >= 0.6 is 0 Å².